The summed E-state index contributed by atoms with van der Waals surface area (Å²) in [6.07, 6.45) is -0.300. The molecule has 1 aliphatic heterocycles. The Balaban J connectivity index is 2.44. The van der Waals surface area contributed by atoms with Crippen LogP contribution in [0.1, 0.15) is 20.8 Å². The predicted octanol–water partition coefficient (Wildman–Crippen LogP) is 0.479. The van der Waals surface area contributed by atoms with Crippen molar-refractivity contribution in [1.29, 1.82) is 0 Å². The molecule has 0 aromatic heterocycles. The van der Waals surface area contributed by atoms with Crippen molar-refractivity contribution in [2.45, 2.75) is 26.9 Å². The van der Waals surface area contributed by atoms with E-state index in [4.69, 9.17) is 4.74 Å². The van der Waals surface area contributed by atoms with Crippen LogP contribution in [0, 0.1) is 5.41 Å². The van der Waals surface area contributed by atoms with E-state index in [-0.39, 0.29) is 17.4 Å². The Morgan fingerprint density at radius 2 is 2.20 bits per heavy atom. The Bertz CT molecular complexity index is 217. The van der Waals surface area contributed by atoms with Crippen LogP contribution in [0.4, 0.5) is 0 Å². The van der Waals surface area contributed by atoms with E-state index in [9.17, 15) is 4.79 Å². The molecule has 88 valence electrons. The summed E-state index contributed by atoms with van der Waals surface area (Å²) < 4.78 is 5.42. The molecule has 15 heavy (non-hydrogen) atoms. The van der Waals surface area contributed by atoms with Gasteiger partial charge in [-0.25, -0.2) is 0 Å². The fourth-order valence-electron chi connectivity index (χ4n) is 1.76. The maximum absolute atomic E-state index is 11.9. The first-order valence-corrected chi connectivity index (χ1v) is 5.47. The molecule has 0 aliphatic carbocycles. The van der Waals surface area contributed by atoms with E-state index in [1.165, 1.54) is 0 Å². The summed E-state index contributed by atoms with van der Waals surface area (Å²) in [4.78, 5) is 13.7. The monoisotopic (exact) mass is 214 g/mol. The highest BCUT2D eigenvalue weighted by Gasteiger charge is 2.26. The van der Waals surface area contributed by atoms with Gasteiger partial charge in [-0.15, -0.1) is 0 Å². The molecule has 1 amide bonds. The van der Waals surface area contributed by atoms with Crippen LogP contribution in [-0.2, 0) is 9.53 Å². The zero-order chi connectivity index (χ0) is 11.5. The Kier molecular flexibility index (Phi) is 4.11. The molecule has 0 aromatic carbocycles. The van der Waals surface area contributed by atoms with Crippen molar-refractivity contribution in [2.24, 2.45) is 5.41 Å². The second-order valence-electron chi connectivity index (χ2n) is 5.32. The first-order chi connectivity index (χ1) is 6.90. The zero-order valence-electron chi connectivity index (χ0n) is 10.2. The van der Waals surface area contributed by atoms with Gasteiger partial charge < -0.3 is 15.0 Å². The fraction of sp³-hybridized carbons (Fsp3) is 0.909. The van der Waals surface area contributed by atoms with E-state index >= 15 is 0 Å². The molecule has 0 bridgehead atoms. The van der Waals surface area contributed by atoms with Gasteiger partial charge in [0, 0.05) is 26.7 Å². The Labute approximate surface area is 92.0 Å². The molecule has 1 N–H and O–H groups in total. The second-order valence-corrected chi connectivity index (χ2v) is 5.32. The van der Waals surface area contributed by atoms with Crippen LogP contribution in [0.3, 0.4) is 0 Å². The average molecular weight is 214 g/mol. The third-order valence-electron chi connectivity index (χ3n) is 2.29. The first kappa shape index (κ1) is 12.5. The van der Waals surface area contributed by atoms with Crippen molar-refractivity contribution >= 4 is 5.91 Å². The summed E-state index contributed by atoms with van der Waals surface area (Å²) in [5.41, 5.74) is 0.131. The van der Waals surface area contributed by atoms with Crippen molar-refractivity contribution in [1.82, 2.24) is 10.2 Å². The number of nitrogens with zero attached hydrogens (tertiary/aromatic N) is 1. The van der Waals surface area contributed by atoms with Crippen LogP contribution < -0.4 is 5.32 Å². The molecule has 1 unspecified atom stereocenters. The van der Waals surface area contributed by atoms with Crippen LogP contribution in [0.5, 0.6) is 0 Å². The largest absolute Gasteiger partial charge is 0.366 e. The minimum absolute atomic E-state index is 0.0807. The number of hydrogen-bond donors (Lipinski definition) is 1. The van der Waals surface area contributed by atoms with E-state index in [1.807, 2.05) is 7.05 Å². The summed E-state index contributed by atoms with van der Waals surface area (Å²) in [5, 5.41) is 3.16. The maximum Gasteiger partial charge on any atom is 0.252 e. The molecule has 0 saturated carbocycles. The SMILES string of the molecule is CN(CC(C)(C)C)C(=O)C1CNCCO1. The molecule has 1 rings (SSSR count). The van der Waals surface area contributed by atoms with E-state index in [0.29, 0.717) is 13.2 Å². The van der Waals surface area contributed by atoms with Gasteiger partial charge in [0.05, 0.1) is 6.61 Å². The van der Waals surface area contributed by atoms with Gasteiger partial charge in [-0.05, 0) is 5.41 Å². The number of rotatable bonds is 2. The number of carbonyl (C=O) groups excluding carboxylic acids is 1. The van der Waals surface area contributed by atoms with Gasteiger partial charge in [-0.2, -0.15) is 0 Å². The molecule has 4 heteroatoms. The van der Waals surface area contributed by atoms with Crippen LogP contribution in [0.15, 0.2) is 0 Å². The van der Waals surface area contributed by atoms with E-state index in [0.717, 1.165) is 13.1 Å². The van der Waals surface area contributed by atoms with Gasteiger partial charge in [-0.1, -0.05) is 20.8 Å². The molecular formula is C11H22N2O2. The molecule has 1 fully saturated rings. The van der Waals surface area contributed by atoms with Crippen molar-refractivity contribution in [2.75, 3.05) is 33.3 Å². The molecular weight excluding hydrogens is 192 g/mol. The summed E-state index contributed by atoms with van der Waals surface area (Å²) in [6.45, 7) is 9.22. The van der Waals surface area contributed by atoms with Crippen LogP contribution in [0.25, 0.3) is 0 Å². The topological polar surface area (TPSA) is 41.6 Å². The van der Waals surface area contributed by atoms with Crippen LogP contribution in [0.2, 0.25) is 0 Å². The maximum atomic E-state index is 11.9. The Morgan fingerprint density at radius 1 is 1.53 bits per heavy atom. The van der Waals surface area contributed by atoms with Crippen LogP contribution >= 0.6 is 0 Å². The third kappa shape index (κ3) is 4.18. The summed E-state index contributed by atoms with van der Waals surface area (Å²) in [7, 11) is 1.84. The van der Waals surface area contributed by atoms with Crippen molar-refractivity contribution in [3.8, 4) is 0 Å². The average Bonchev–Trinajstić information content (AvgIpc) is 2.15. The summed E-state index contributed by atoms with van der Waals surface area (Å²) in [5.74, 6) is 0.0807. The van der Waals surface area contributed by atoms with Gasteiger partial charge in [-0.3, -0.25) is 4.79 Å². The number of likely N-dealkylation sites (N-methyl/N-ethyl adjacent to an activating group) is 1. The van der Waals surface area contributed by atoms with Gasteiger partial charge in [0.15, 0.2) is 0 Å². The lowest BCUT2D eigenvalue weighted by atomic mass is 9.96. The standard InChI is InChI=1S/C11H22N2O2/c1-11(2,3)8-13(4)10(14)9-7-12-5-6-15-9/h9,12H,5-8H2,1-4H3. The lowest BCUT2D eigenvalue weighted by Gasteiger charge is -2.31. The van der Waals surface area contributed by atoms with Gasteiger partial charge in [0.25, 0.3) is 5.91 Å². The van der Waals surface area contributed by atoms with Crippen molar-refractivity contribution in [3.63, 3.8) is 0 Å². The quantitative estimate of drug-likeness (QED) is 0.727. The van der Waals surface area contributed by atoms with Crippen LogP contribution in [-0.4, -0.2) is 50.2 Å². The zero-order valence-corrected chi connectivity index (χ0v) is 10.2. The Hall–Kier alpha value is -0.610. The number of ether oxygens (including phenoxy) is 1. The van der Waals surface area contributed by atoms with Gasteiger partial charge >= 0.3 is 0 Å². The number of carbonyl (C=O) groups is 1. The Morgan fingerprint density at radius 3 is 2.67 bits per heavy atom. The minimum Gasteiger partial charge on any atom is -0.366 e. The van der Waals surface area contributed by atoms with Gasteiger partial charge in [0.1, 0.15) is 6.10 Å². The number of amides is 1. The summed E-state index contributed by atoms with van der Waals surface area (Å²) >= 11 is 0. The lowest BCUT2D eigenvalue weighted by Crippen LogP contribution is -2.49. The molecule has 0 aromatic rings. The second kappa shape index (κ2) is 4.94. The molecule has 1 heterocycles. The molecule has 0 radical (unpaired) electrons. The highest BCUT2D eigenvalue weighted by molar-refractivity contribution is 5.81. The van der Waals surface area contributed by atoms with E-state index < -0.39 is 0 Å². The van der Waals surface area contributed by atoms with Gasteiger partial charge in [0.2, 0.25) is 0 Å². The lowest BCUT2D eigenvalue weighted by molar-refractivity contribution is -0.145. The van der Waals surface area contributed by atoms with E-state index in [2.05, 4.69) is 26.1 Å². The van der Waals surface area contributed by atoms with Crippen molar-refractivity contribution in [3.05, 3.63) is 0 Å². The predicted molar refractivity (Wildman–Crippen MR) is 59.7 cm³/mol. The summed E-state index contributed by atoms with van der Waals surface area (Å²) in [6, 6.07) is 0. The molecule has 1 saturated heterocycles. The number of nitrogens with one attached hydrogen (secondary N) is 1. The van der Waals surface area contributed by atoms with E-state index in [1.54, 1.807) is 4.90 Å². The first-order valence-electron chi connectivity index (χ1n) is 5.47. The van der Waals surface area contributed by atoms with Crippen molar-refractivity contribution < 1.29 is 9.53 Å². The fourth-order valence-corrected chi connectivity index (χ4v) is 1.76. The molecule has 1 atom stereocenters. The number of hydrogen-bond acceptors (Lipinski definition) is 3. The normalized spacial score (nSPS) is 22.5. The smallest absolute Gasteiger partial charge is 0.252 e. The highest BCUT2D eigenvalue weighted by Crippen LogP contribution is 2.15. The molecule has 0 spiro atoms. The number of morpholine rings is 1. The molecule has 1 aliphatic rings. The molecule has 4 nitrogen and oxygen atoms in total. The highest BCUT2D eigenvalue weighted by atomic mass is 16.5. The minimum atomic E-state index is -0.300. The third-order valence-corrected chi connectivity index (χ3v) is 2.29.